The molecular formula is C14H19ClO5S. The molecule has 1 rings (SSSR count). The molecule has 1 aromatic rings. The summed E-state index contributed by atoms with van der Waals surface area (Å²) >= 11 is 0. The monoisotopic (exact) mass is 334 g/mol. The highest BCUT2D eigenvalue weighted by atomic mass is 35.7. The number of hydrogen-bond donors (Lipinski definition) is 0. The molecule has 0 bridgehead atoms. The van der Waals surface area contributed by atoms with Crippen LogP contribution in [0.15, 0.2) is 17.0 Å². The Bertz CT molecular complexity index is 624. The summed E-state index contributed by atoms with van der Waals surface area (Å²) in [5, 5.41) is 0. The van der Waals surface area contributed by atoms with Crippen LogP contribution in [-0.2, 0) is 18.5 Å². The fraction of sp³-hybridized carbons (Fsp3) is 0.500. The smallest absolute Gasteiger partial charge is 0.338 e. The van der Waals surface area contributed by atoms with Gasteiger partial charge in [0.25, 0.3) is 9.05 Å². The third-order valence-electron chi connectivity index (χ3n) is 2.98. The van der Waals surface area contributed by atoms with Gasteiger partial charge in [-0.15, -0.1) is 0 Å². The van der Waals surface area contributed by atoms with Crippen LogP contribution in [0.3, 0.4) is 0 Å². The highest BCUT2D eigenvalue weighted by molar-refractivity contribution is 8.13. The van der Waals surface area contributed by atoms with Gasteiger partial charge in [-0.05, 0) is 51.0 Å². The van der Waals surface area contributed by atoms with E-state index < -0.39 is 21.1 Å². The highest BCUT2D eigenvalue weighted by Gasteiger charge is 2.20. The van der Waals surface area contributed by atoms with Gasteiger partial charge in [-0.1, -0.05) is 0 Å². The van der Waals surface area contributed by atoms with Gasteiger partial charge in [-0.3, -0.25) is 0 Å². The average molecular weight is 335 g/mol. The lowest BCUT2D eigenvalue weighted by molar-refractivity contribution is 0.00436. The summed E-state index contributed by atoms with van der Waals surface area (Å²) in [6.07, 6.45) is -0.421. The van der Waals surface area contributed by atoms with E-state index in [1.54, 1.807) is 26.8 Å². The minimum atomic E-state index is -3.91. The van der Waals surface area contributed by atoms with Crippen molar-refractivity contribution in [2.24, 2.45) is 0 Å². The van der Waals surface area contributed by atoms with E-state index in [1.165, 1.54) is 6.07 Å². The van der Waals surface area contributed by atoms with Crippen molar-refractivity contribution in [1.29, 1.82) is 0 Å². The van der Waals surface area contributed by atoms with Crippen molar-refractivity contribution in [3.05, 3.63) is 28.8 Å². The Hall–Kier alpha value is -1.11. The van der Waals surface area contributed by atoms with Gasteiger partial charge in [0, 0.05) is 17.3 Å². The number of carbonyl (C=O) groups excluding carboxylic acids is 1. The summed E-state index contributed by atoms with van der Waals surface area (Å²) in [6.45, 7) is 7.70. The molecule has 0 saturated carbocycles. The predicted molar refractivity (Wildman–Crippen MR) is 80.3 cm³/mol. The van der Waals surface area contributed by atoms with Gasteiger partial charge in [0.2, 0.25) is 0 Å². The topological polar surface area (TPSA) is 69.7 Å². The Kier molecular flexibility index (Phi) is 6.19. The zero-order valence-corrected chi connectivity index (χ0v) is 14.0. The summed E-state index contributed by atoms with van der Waals surface area (Å²) in [6, 6.07) is 2.82. The fourth-order valence-corrected chi connectivity index (χ4v) is 3.04. The summed E-state index contributed by atoms with van der Waals surface area (Å²) < 4.78 is 33.4. The third kappa shape index (κ3) is 4.98. The molecular weight excluding hydrogens is 316 g/mol. The lowest BCUT2D eigenvalue weighted by Gasteiger charge is -2.14. The SMILES string of the molecule is CCOCC(C)OC(=O)c1cc(C)c(C)c(S(=O)(=O)Cl)c1. The molecule has 0 spiro atoms. The number of carbonyl (C=O) groups is 1. The number of aryl methyl sites for hydroxylation is 1. The van der Waals surface area contributed by atoms with E-state index in [4.69, 9.17) is 20.2 Å². The first-order valence-electron chi connectivity index (χ1n) is 6.51. The molecule has 0 N–H and O–H groups in total. The molecule has 0 aliphatic rings. The Morgan fingerprint density at radius 3 is 2.48 bits per heavy atom. The van der Waals surface area contributed by atoms with Gasteiger partial charge in [0.15, 0.2) is 0 Å². The van der Waals surface area contributed by atoms with Crippen LogP contribution in [0, 0.1) is 13.8 Å². The van der Waals surface area contributed by atoms with Crippen LogP contribution in [0.25, 0.3) is 0 Å². The van der Waals surface area contributed by atoms with Gasteiger partial charge >= 0.3 is 5.97 Å². The zero-order chi connectivity index (χ0) is 16.2. The van der Waals surface area contributed by atoms with Crippen molar-refractivity contribution in [2.45, 2.75) is 38.7 Å². The molecule has 0 aromatic heterocycles. The second kappa shape index (κ2) is 7.24. The van der Waals surface area contributed by atoms with Gasteiger partial charge in [-0.25, -0.2) is 13.2 Å². The van der Waals surface area contributed by atoms with E-state index in [0.717, 1.165) is 0 Å². The molecule has 21 heavy (non-hydrogen) atoms. The second-order valence-corrected chi connectivity index (χ2v) is 7.26. The molecule has 118 valence electrons. The molecule has 1 aromatic carbocycles. The average Bonchev–Trinajstić information content (AvgIpc) is 2.37. The van der Waals surface area contributed by atoms with Crippen LogP contribution in [0.1, 0.15) is 35.3 Å². The molecule has 0 fully saturated rings. The quantitative estimate of drug-likeness (QED) is 0.591. The summed E-state index contributed by atoms with van der Waals surface area (Å²) in [5.41, 5.74) is 1.32. The maximum atomic E-state index is 12.0. The Balaban J connectivity index is 3.04. The van der Waals surface area contributed by atoms with E-state index >= 15 is 0 Å². The molecule has 0 aliphatic carbocycles. The molecule has 0 aliphatic heterocycles. The van der Waals surface area contributed by atoms with Crippen molar-refractivity contribution < 1.29 is 22.7 Å². The normalized spacial score (nSPS) is 13.0. The molecule has 0 heterocycles. The maximum absolute atomic E-state index is 12.0. The summed E-state index contributed by atoms with van der Waals surface area (Å²) in [7, 11) is 1.47. The largest absolute Gasteiger partial charge is 0.457 e. The van der Waals surface area contributed by atoms with Gasteiger partial charge in [-0.2, -0.15) is 0 Å². The van der Waals surface area contributed by atoms with Crippen molar-refractivity contribution in [3.8, 4) is 0 Å². The Labute approximate surface area is 129 Å². The minimum Gasteiger partial charge on any atom is -0.457 e. The number of benzene rings is 1. The third-order valence-corrected chi connectivity index (χ3v) is 4.43. The lowest BCUT2D eigenvalue weighted by Crippen LogP contribution is -2.20. The zero-order valence-electron chi connectivity index (χ0n) is 12.5. The summed E-state index contributed by atoms with van der Waals surface area (Å²) in [4.78, 5) is 12.0. The summed E-state index contributed by atoms with van der Waals surface area (Å²) in [5.74, 6) is -0.605. The molecule has 5 nitrogen and oxygen atoms in total. The van der Waals surface area contributed by atoms with E-state index in [0.29, 0.717) is 17.7 Å². The lowest BCUT2D eigenvalue weighted by atomic mass is 10.1. The first kappa shape index (κ1) is 17.9. The number of ether oxygens (including phenoxy) is 2. The van der Waals surface area contributed by atoms with E-state index in [9.17, 15) is 13.2 Å². The van der Waals surface area contributed by atoms with Crippen LogP contribution < -0.4 is 0 Å². The minimum absolute atomic E-state index is 0.0754. The van der Waals surface area contributed by atoms with E-state index in [2.05, 4.69) is 0 Å². The number of esters is 1. The van der Waals surface area contributed by atoms with Crippen molar-refractivity contribution >= 4 is 25.7 Å². The van der Waals surface area contributed by atoms with Crippen molar-refractivity contribution in [1.82, 2.24) is 0 Å². The van der Waals surface area contributed by atoms with Crippen LogP contribution in [0.4, 0.5) is 0 Å². The van der Waals surface area contributed by atoms with Crippen molar-refractivity contribution in [3.63, 3.8) is 0 Å². The van der Waals surface area contributed by atoms with Crippen LogP contribution in [-0.4, -0.2) is 33.7 Å². The molecule has 1 unspecified atom stereocenters. The van der Waals surface area contributed by atoms with Crippen LogP contribution in [0.2, 0.25) is 0 Å². The Morgan fingerprint density at radius 1 is 1.33 bits per heavy atom. The number of rotatable bonds is 6. The van der Waals surface area contributed by atoms with Crippen LogP contribution in [0.5, 0.6) is 0 Å². The van der Waals surface area contributed by atoms with Gasteiger partial charge < -0.3 is 9.47 Å². The highest BCUT2D eigenvalue weighted by Crippen LogP contribution is 2.24. The molecule has 7 heteroatoms. The first-order valence-corrected chi connectivity index (χ1v) is 8.82. The van der Waals surface area contributed by atoms with Crippen molar-refractivity contribution in [2.75, 3.05) is 13.2 Å². The molecule has 0 amide bonds. The Morgan fingerprint density at radius 2 is 1.95 bits per heavy atom. The van der Waals surface area contributed by atoms with Gasteiger partial charge in [0.1, 0.15) is 6.10 Å². The van der Waals surface area contributed by atoms with Gasteiger partial charge in [0.05, 0.1) is 17.1 Å². The molecule has 0 radical (unpaired) electrons. The van der Waals surface area contributed by atoms with E-state index in [1.807, 2.05) is 6.92 Å². The number of hydrogen-bond acceptors (Lipinski definition) is 5. The molecule has 1 atom stereocenters. The standard InChI is InChI=1S/C14H19ClO5S/c1-5-19-8-10(3)20-14(16)12-6-9(2)11(4)13(7-12)21(15,17)18/h6-7,10H,5,8H2,1-4H3. The van der Waals surface area contributed by atoms with Crippen LogP contribution >= 0.6 is 10.7 Å². The fourth-order valence-electron chi connectivity index (χ4n) is 1.77. The number of halogens is 1. The molecule has 0 saturated heterocycles. The maximum Gasteiger partial charge on any atom is 0.338 e. The second-order valence-electron chi connectivity index (χ2n) is 4.73. The predicted octanol–water partition coefficient (Wildman–Crippen LogP) is 2.81. The first-order chi connectivity index (χ1) is 9.66. The van der Waals surface area contributed by atoms with E-state index in [-0.39, 0.29) is 17.1 Å².